The summed E-state index contributed by atoms with van der Waals surface area (Å²) in [5, 5.41) is 2.67. The molecular weight excluding hydrogens is 335 g/mol. The number of halogens is 1. The number of carbonyl (C=O) groups excluding carboxylic acids is 2. The third kappa shape index (κ3) is 4.08. The predicted molar refractivity (Wildman–Crippen MR) is 96.6 cm³/mol. The van der Waals surface area contributed by atoms with Crippen molar-refractivity contribution in [2.75, 3.05) is 24.6 Å². The Balaban J connectivity index is 1.61. The molecule has 1 aliphatic heterocycles. The summed E-state index contributed by atoms with van der Waals surface area (Å²) in [4.78, 5) is 25.9. The average molecular weight is 356 g/mol. The van der Waals surface area contributed by atoms with Crippen molar-refractivity contribution in [3.8, 4) is 0 Å². The molecule has 2 aromatic carbocycles. The van der Waals surface area contributed by atoms with Gasteiger partial charge in [0.15, 0.2) is 0 Å². The Morgan fingerprint density at radius 2 is 1.96 bits per heavy atom. The number of nitrogens with zero attached hydrogens (tertiary/aromatic N) is 1. The van der Waals surface area contributed by atoms with Crippen LogP contribution in [0.1, 0.15) is 22.8 Å². The van der Waals surface area contributed by atoms with E-state index in [4.69, 9.17) is 4.74 Å². The summed E-state index contributed by atoms with van der Waals surface area (Å²) in [6, 6.07) is 13.6. The van der Waals surface area contributed by atoms with Crippen LogP contribution in [0.5, 0.6) is 0 Å². The van der Waals surface area contributed by atoms with E-state index in [9.17, 15) is 14.0 Å². The SMILES string of the molecule is CCc1ccc(N2CC(CNC(=O)c3ccccc3F)OCC2=O)cc1. The van der Waals surface area contributed by atoms with E-state index >= 15 is 0 Å². The summed E-state index contributed by atoms with van der Waals surface area (Å²) < 4.78 is 19.2. The van der Waals surface area contributed by atoms with Crippen LogP contribution in [-0.4, -0.2) is 37.6 Å². The summed E-state index contributed by atoms with van der Waals surface area (Å²) in [6.07, 6.45) is 0.580. The summed E-state index contributed by atoms with van der Waals surface area (Å²) in [5.74, 6) is -1.18. The van der Waals surface area contributed by atoms with Gasteiger partial charge in [-0.15, -0.1) is 0 Å². The lowest BCUT2D eigenvalue weighted by Crippen LogP contribution is -2.50. The Hall–Kier alpha value is -2.73. The molecule has 0 aromatic heterocycles. The molecule has 1 fully saturated rings. The lowest BCUT2D eigenvalue weighted by molar-refractivity contribution is -0.129. The molecule has 5 nitrogen and oxygen atoms in total. The first-order valence-electron chi connectivity index (χ1n) is 8.62. The number of aryl methyl sites for hydroxylation is 1. The molecule has 26 heavy (non-hydrogen) atoms. The normalized spacial score (nSPS) is 17.2. The van der Waals surface area contributed by atoms with Crippen molar-refractivity contribution in [1.82, 2.24) is 5.32 Å². The molecule has 1 saturated heterocycles. The number of hydrogen-bond donors (Lipinski definition) is 1. The fourth-order valence-electron chi connectivity index (χ4n) is 2.86. The third-order valence-corrected chi connectivity index (χ3v) is 4.39. The van der Waals surface area contributed by atoms with E-state index in [1.165, 1.54) is 23.8 Å². The molecule has 3 rings (SSSR count). The zero-order valence-corrected chi connectivity index (χ0v) is 14.6. The lowest BCUT2D eigenvalue weighted by atomic mass is 10.1. The van der Waals surface area contributed by atoms with Crippen molar-refractivity contribution in [2.45, 2.75) is 19.4 Å². The molecule has 1 unspecified atom stereocenters. The monoisotopic (exact) mass is 356 g/mol. The number of rotatable bonds is 5. The molecule has 0 aliphatic carbocycles. The van der Waals surface area contributed by atoms with Gasteiger partial charge in [0.05, 0.1) is 18.2 Å². The van der Waals surface area contributed by atoms with Gasteiger partial charge in [-0.1, -0.05) is 31.2 Å². The van der Waals surface area contributed by atoms with Gasteiger partial charge in [0.25, 0.3) is 11.8 Å². The second kappa shape index (κ2) is 8.10. The second-order valence-electron chi connectivity index (χ2n) is 6.15. The number of ether oxygens (including phenoxy) is 1. The van der Waals surface area contributed by atoms with Gasteiger partial charge in [-0.05, 0) is 36.2 Å². The highest BCUT2D eigenvalue weighted by molar-refractivity contribution is 5.95. The molecule has 0 spiro atoms. The van der Waals surface area contributed by atoms with Crippen LogP contribution >= 0.6 is 0 Å². The Morgan fingerprint density at radius 3 is 2.65 bits per heavy atom. The summed E-state index contributed by atoms with van der Waals surface area (Å²) in [5.41, 5.74) is 2.00. The predicted octanol–water partition coefficient (Wildman–Crippen LogP) is 2.55. The molecule has 1 N–H and O–H groups in total. The third-order valence-electron chi connectivity index (χ3n) is 4.39. The summed E-state index contributed by atoms with van der Waals surface area (Å²) >= 11 is 0. The van der Waals surface area contributed by atoms with Gasteiger partial charge in [0.1, 0.15) is 12.4 Å². The van der Waals surface area contributed by atoms with Gasteiger partial charge in [0, 0.05) is 12.2 Å². The second-order valence-corrected chi connectivity index (χ2v) is 6.15. The van der Waals surface area contributed by atoms with Crippen molar-refractivity contribution >= 4 is 17.5 Å². The van der Waals surface area contributed by atoms with E-state index in [2.05, 4.69) is 12.2 Å². The molecule has 1 atom stereocenters. The van der Waals surface area contributed by atoms with Crippen LogP contribution < -0.4 is 10.2 Å². The van der Waals surface area contributed by atoms with E-state index in [-0.39, 0.29) is 30.7 Å². The topological polar surface area (TPSA) is 58.6 Å². The molecule has 136 valence electrons. The van der Waals surface area contributed by atoms with Crippen molar-refractivity contribution in [3.05, 3.63) is 65.5 Å². The fourth-order valence-corrected chi connectivity index (χ4v) is 2.86. The molecule has 2 aromatic rings. The minimum absolute atomic E-state index is 0.00797. The van der Waals surface area contributed by atoms with Crippen molar-refractivity contribution in [3.63, 3.8) is 0 Å². The summed E-state index contributed by atoms with van der Waals surface area (Å²) in [6.45, 7) is 2.56. The highest BCUT2D eigenvalue weighted by Gasteiger charge is 2.28. The van der Waals surface area contributed by atoms with Gasteiger partial charge in [-0.3, -0.25) is 9.59 Å². The van der Waals surface area contributed by atoms with Gasteiger partial charge < -0.3 is 15.0 Å². The van der Waals surface area contributed by atoms with Crippen LogP contribution in [0.3, 0.4) is 0 Å². The van der Waals surface area contributed by atoms with E-state index in [1.807, 2.05) is 24.3 Å². The number of hydrogen-bond acceptors (Lipinski definition) is 3. The average Bonchev–Trinajstić information content (AvgIpc) is 2.67. The minimum atomic E-state index is -0.567. The van der Waals surface area contributed by atoms with Gasteiger partial charge in [0.2, 0.25) is 0 Å². The molecule has 0 bridgehead atoms. The minimum Gasteiger partial charge on any atom is -0.365 e. The fraction of sp³-hybridized carbons (Fsp3) is 0.300. The van der Waals surface area contributed by atoms with Crippen molar-refractivity contribution in [2.24, 2.45) is 0 Å². The van der Waals surface area contributed by atoms with Gasteiger partial charge in [-0.25, -0.2) is 4.39 Å². The number of carbonyl (C=O) groups is 2. The van der Waals surface area contributed by atoms with Crippen LogP contribution in [-0.2, 0) is 16.0 Å². The molecule has 1 heterocycles. The molecule has 1 aliphatic rings. The van der Waals surface area contributed by atoms with Gasteiger partial charge in [-0.2, -0.15) is 0 Å². The van der Waals surface area contributed by atoms with Crippen molar-refractivity contribution < 1.29 is 18.7 Å². The number of morpholine rings is 1. The first-order chi connectivity index (χ1) is 12.6. The smallest absolute Gasteiger partial charge is 0.254 e. The highest BCUT2D eigenvalue weighted by Crippen LogP contribution is 2.19. The highest BCUT2D eigenvalue weighted by atomic mass is 19.1. The molecular formula is C20H21FN2O3. The van der Waals surface area contributed by atoms with E-state index < -0.39 is 11.7 Å². The van der Waals surface area contributed by atoms with Crippen LogP contribution in [0.2, 0.25) is 0 Å². The molecule has 2 amide bonds. The number of benzene rings is 2. The first-order valence-corrected chi connectivity index (χ1v) is 8.62. The Kier molecular flexibility index (Phi) is 5.63. The zero-order chi connectivity index (χ0) is 18.5. The maximum atomic E-state index is 13.7. The standard InChI is InChI=1S/C20H21FN2O3/c1-2-14-7-9-15(10-8-14)23-12-16(26-13-19(23)24)11-22-20(25)17-5-3-4-6-18(17)21/h3-10,16H,2,11-13H2,1H3,(H,22,25). The molecule has 0 radical (unpaired) electrons. The first kappa shape index (κ1) is 18.1. The largest absolute Gasteiger partial charge is 0.365 e. The van der Waals surface area contributed by atoms with Gasteiger partial charge >= 0.3 is 0 Å². The Morgan fingerprint density at radius 1 is 1.23 bits per heavy atom. The van der Waals surface area contributed by atoms with Crippen LogP contribution in [0.25, 0.3) is 0 Å². The van der Waals surface area contributed by atoms with Crippen LogP contribution in [0, 0.1) is 5.82 Å². The van der Waals surface area contributed by atoms with E-state index in [0.717, 1.165) is 12.1 Å². The van der Waals surface area contributed by atoms with E-state index in [0.29, 0.717) is 6.54 Å². The maximum Gasteiger partial charge on any atom is 0.254 e. The Labute approximate surface area is 151 Å². The van der Waals surface area contributed by atoms with Crippen molar-refractivity contribution in [1.29, 1.82) is 0 Å². The lowest BCUT2D eigenvalue weighted by Gasteiger charge is -2.33. The Bertz CT molecular complexity index is 792. The number of nitrogens with one attached hydrogen (secondary N) is 1. The maximum absolute atomic E-state index is 13.7. The van der Waals surface area contributed by atoms with Crippen LogP contribution in [0.15, 0.2) is 48.5 Å². The molecule has 6 heteroatoms. The van der Waals surface area contributed by atoms with E-state index in [1.54, 1.807) is 11.0 Å². The zero-order valence-electron chi connectivity index (χ0n) is 14.6. The molecule has 0 saturated carbocycles. The summed E-state index contributed by atoms with van der Waals surface area (Å²) in [7, 11) is 0. The number of amides is 2. The quantitative estimate of drug-likeness (QED) is 0.896. The number of anilines is 1. The van der Waals surface area contributed by atoms with Crippen LogP contribution in [0.4, 0.5) is 10.1 Å².